The smallest absolute Gasteiger partial charge is 0.0608 e. The van der Waals surface area contributed by atoms with Gasteiger partial charge < -0.3 is 10.2 Å². The van der Waals surface area contributed by atoms with Crippen LogP contribution in [0.3, 0.4) is 0 Å². The molecule has 2 heterocycles. The summed E-state index contributed by atoms with van der Waals surface area (Å²) < 4.78 is 0. The van der Waals surface area contributed by atoms with Crippen molar-refractivity contribution in [3.8, 4) is 0 Å². The quantitative estimate of drug-likeness (QED) is 0.890. The Morgan fingerprint density at radius 2 is 2.00 bits per heavy atom. The second kappa shape index (κ2) is 5.27. The molecular weight excluding hydrogens is 222 g/mol. The Morgan fingerprint density at radius 1 is 1.28 bits per heavy atom. The van der Waals surface area contributed by atoms with Gasteiger partial charge in [-0.3, -0.25) is 4.98 Å². The number of hydrogen-bond acceptors (Lipinski definition) is 3. The molecule has 2 rings (SSSR count). The third kappa shape index (κ3) is 2.51. The van der Waals surface area contributed by atoms with Crippen LogP contribution in [-0.2, 0) is 0 Å². The third-order valence-electron chi connectivity index (χ3n) is 4.27. The number of piperazine rings is 1. The van der Waals surface area contributed by atoms with E-state index in [-0.39, 0.29) is 5.54 Å². The van der Waals surface area contributed by atoms with Crippen molar-refractivity contribution in [2.24, 2.45) is 0 Å². The topological polar surface area (TPSA) is 28.2 Å². The van der Waals surface area contributed by atoms with Crippen LogP contribution in [0.25, 0.3) is 0 Å². The van der Waals surface area contributed by atoms with Crippen LogP contribution in [-0.4, -0.2) is 30.2 Å². The number of aromatic nitrogens is 1. The molecule has 1 saturated heterocycles. The zero-order chi connectivity index (χ0) is 13.2. The van der Waals surface area contributed by atoms with Gasteiger partial charge in [0.2, 0.25) is 0 Å². The summed E-state index contributed by atoms with van der Waals surface area (Å²) in [5, 5.41) is 3.70. The molecule has 1 N–H and O–H groups in total. The molecule has 0 aromatic carbocycles. The van der Waals surface area contributed by atoms with Crippen LogP contribution < -0.4 is 10.2 Å². The van der Waals surface area contributed by atoms with Gasteiger partial charge in [-0.05, 0) is 38.8 Å². The third-order valence-corrected chi connectivity index (χ3v) is 4.27. The SMILES string of the molecule is CCC1(CC)CN(c2ccc(C)nc2C)CCN1. The van der Waals surface area contributed by atoms with Gasteiger partial charge >= 0.3 is 0 Å². The summed E-state index contributed by atoms with van der Waals surface area (Å²) in [4.78, 5) is 7.08. The van der Waals surface area contributed by atoms with E-state index < -0.39 is 0 Å². The van der Waals surface area contributed by atoms with E-state index in [2.05, 4.69) is 55.0 Å². The lowest BCUT2D eigenvalue weighted by molar-refractivity contribution is 0.277. The van der Waals surface area contributed by atoms with Gasteiger partial charge in [-0.1, -0.05) is 13.8 Å². The standard InChI is InChI=1S/C15H25N3/c1-5-15(6-2)11-18(10-9-16-15)14-8-7-12(3)17-13(14)4/h7-8,16H,5-6,9-11H2,1-4H3. The van der Waals surface area contributed by atoms with Gasteiger partial charge in [0.25, 0.3) is 0 Å². The Balaban J connectivity index is 2.23. The first kappa shape index (κ1) is 13.3. The van der Waals surface area contributed by atoms with Crippen molar-refractivity contribution in [3.63, 3.8) is 0 Å². The highest BCUT2D eigenvalue weighted by atomic mass is 15.2. The molecule has 0 aliphatic carbocycles. The van der Waals surface area contributed by atoms with Gasteiger partial charge in [0.05, 0.1) is 11.4 Å². The fraction of sp³-hybridized carbons (Fsp3) is 0.667. The van der Waals surface area contributed by atoms with E-state index in [0.29, 0.717) is 0 Å². The number of nitrogens with one attached hydrogen (secondary N) is 1. The number of hydrogen-bond donors (Lipinski definition) is 1. The average molecular weight is 247 g/mol. The fourth-order valence-corrected chi connectivity index (χ4v) is 2.90. The molecule has 0 saturated carbocycles. The molecule has 3 nitrogen and oxygen atoms in total. The van der Waals surface area contributed by atoms with Crippen LogP contribution in [0, 0.1) is 13.8 Å². The Morgan fingerprint density at radius 3 is 2.61 bits per heavy atom. The maximum atomic E-state index is 4.59. The summed E-state index contributed by atoms with van der Waals surface area (Å²) in [6, 6.07) is 4.34. The van der Waals surface area contributed by atoms with Crippen LogP contribution in [0.4, 0.5) is 5.69 Å². The van der Waals surface area contributed by atoms with Gasteiger partial charge in [-0.25, -0.2) is 0 Å². The highest BCUT2D eigenvalue weighted by molar-refractivity contribution is 5.51. The van der Waals surface area contributed by atoms with Crippen LogP contribution in [0.5, 0.6) is 0 Å². The molecule has 0 atom stereocenters. The van der Waals surface area contributed by atoms with E-state index in [1.54, 1.807) is 0 Å². The fourth-order valence-electron chi connectivity index (χ4n) is 2.90. The Bertz CT molecular complexity index is 410. The molecule has 3 heteroatoms. The summed E-state index contributed by atoms with van der Waals surface area (Å²) in [7, 11) is 0. The molecule has 0 bridgehead atoms. The Labute approximate surface area is 111 Å². The Kier molecular flexibility index (Phi) is 3.91. The van der Waals surface area contributed by atoms with Crippen molar-refractivity contribution in [1.82, 2.24) is 10.3 Å². The molecule has 0 spiro atoms. The maximum absolute atomic E-state index is 4.59. The van der Waals surface area contributed by atoms with Crippen molar-refractivity contribution in [3.05, 3.63) is 23.5 Å². The van der Waals surface area contributed by atoms with E-state index in [4.69, 9.17) is 0 Å². The van der Waals surface area contributed by atoms with Crippen molar-refractivity contribution < 1.29 is 0 Å². The van der Waals surface area contributed by atoms with Gasteiger partial charge in [0, 0.05) is 30.9 Å². The van der Waals surface area contributed by atoms with Gasteiger partial charge in [0.1, 0.15) is 0 Å². The zero-order valence-electron chi connectivity index (χ0n) is 12.1. The van der Waals surface area contributed by atoms with Crippen LogP contribution in [0.1, 0.15) is 38.1 Å². The first-order valence-corrected chi connectivity index (χ1v) is 7.04. The minimum Gasteiger partial charge on any atom is -0.367 e. The van der Waals surface area contributed by atoms with E-state index in [1.807, 2.05) is 0 Å². The van der Waals surface area contributed by atoms with Gasteiger partial charge in [-0.15, -0.1) is 0 Å². The lowest BCUT2D eigenvalue weighted by Gasteiger charge is -2.44. The Hall–Kier alpha value is -1.09. The van der Waals surface area contributed by atoms with Gasteiger partial charge in [-0.2, -0.15) is 0 Å². The number of nitrogens with zero attached hydrogens (tertiary/aromatic N) is 2. The normalized spacial score (nSPS) is 19.0. The van der Waals surface area contributed by atoms with Crippen LogP contribution in [0.15, 0.2) is 12.1 Å². The zero-order valence-corrected chi connectivity index (χ0v) is 12.1. The van der Waals surface area contributed by atoms with Crippen molar-refractivity contribution >= 4 is 5.69 Å². The molecule has 0 unspecified atom stereocenters. The van der Waals surface area contributed by atoms with Crippen LogP contribution in [0.2, 0.25) is 0 Å². The monoisotopic (exact) mass is 247 g/mol. The van der Waals surface area contributed by atoms with Crippen molar-refractivity contribution in [2.75, 3.05) is 24.5 Å². The summed E-state index contributed by atoms with van der Waals surface area (Å²) >= 11 is 0. The molecule has 0 amide bonds. The van der Waals surface area contributed by atoms with Crippen molar-refractivity contribution in [2.45, 2.75) is 46.1 Å². The number of pyridine rings is 1. The van der Waals surface area contributed by atoms with E-state index in [9.17, 15) is 0 Å². The molecule has 1 aromatic heterocycles. The first-order chi connectivity index (χ1) is 8.60. The van der Waals surface area contributed by atoms with E-state index in [1.165, 1.54) is 18.5 Å². The van der Waals surface area contributed by atoms with Crippen molar-refractivity contribution in [1.29, 1.82) is 0 Å². The van der Waals surface area contributed by atoms with E-state index in [0.717, 1.165) is 31.0 Å². The number of aryl methyl sites for hydroxylation is 2. The summed E-state index contributed by atoms with van der Waals surface area (Å²) in [6.07, 6.45) is 2.36. The summed E-state index contributed by atoms with van der Waals surface area (Å²) in [6.45, 7) is 12.0. The number of rotatable bonds is 3. The lowest BCUT2D eigenvalue weighted by atomic mass is 9.90. The first-order valence-electron chi connectivity index (χ1n) is 7.04. The largest absolute Gasteiger partial charge is 0.367 e. The predicted octanol–water partition coefficient (Wildman–Crippen LogP) is 2.67. The average Bonchev–Trinajstić information content (AvgIpc) is 2.38. The summed E-state index contributed by atoms with van der Waals surface area (Å²) in [5.41, 5.74) is 3.82. The predicted molar refractivity (Wildman–Crippen MR) is 77.2 cm³/mol. The molecular formula is C15H25N3. The lowest BCUT2D eigenvalue weighted by Crippen LogP contribution is -2.60. The van der Waals surface area contributed by atoms with E-state index >= 15 is 0 Å². The minimum absolute atomic E-state index is 0.273. The molecule has 1 aliphatic heterocycles. The molecule has 100 valence electrons. The second-order valence-electron chi connectivity index (χ2n) is 5.39. The molecule has 18 heavy (non-hydrogen) atoms. The molecule has 0 radical (unpaired) electrons. The molecule has 1 aromatic rings. The molecule has 1 aliphatic rings. The van der Waals surface area contributed by atoms with Crippen LogP contribution >= 0.6 is 0 Å². The van der Waals surface area contributed by atoms with Gasteiger partial charge in [0.15, 0.2) is 0 Å². The minimum atomic E-state index is 0.273. The highest BCUT2D eigenvalue weighted by Gasteiger charge is 2.32. The maximum Gasteiger partial charge on any atom is 0.0608 e. The second-order valence-corrected chi connectivity index (χ2v) is 5.39. The molecule has 1 fully saturated rings. The highest BCUT2D eigenvalue weighted by Crippen LogP contribution is 2.26. The summed E-state index contributed by atoms with van der Waals surface area (Å²) in [5.74, 6) is 0. The number of anilines is 1.